The lowest BCUT2D eigenvalue weighted by Crippen LogP contribution is -2.43. The minimum absolute atomic E-state index is 0.0876. The summed E-state index contributed by atoms with van der Waals surface area (Å²) in [5, 5.41) is 5.56. The standard InChI is InChI=1S/C17H29N3O3S/c1-5-20(6-2)24(22,23)13-12-18-17(21)19-16(14(3)4)15-10-8-7-9-11-15/h7-11,14,16H,5-6,12-13H2,1-4H3,(H2,18,19,21). The monoisotopic (exact) mass is 355 g/mol. The van der Waals surface area contributed by atoms with Crippen LogP contribution >= 0.6 is 0 Å². The number of nitrogens with zero attached hydrogens (tertiary/aromatic N) is 1. The first-order chi connectivity index (χ1) is 11.3. The van der Waals surface area contributed by atoms with Crippen LogP contribution in [0.2, 0.25) is 0 Å². The topological polar surface area (TPSA) is 78.5 Å². The number of benzene rings is 1. The van der Waals surface area contributed by atoms with Crippen molar-refractivity contribution in [3.63, 3.8) is 0 Å². The van der Waals surface area contributed by atoms with Crippen LogP contribution < -0.4 is 10.6 Å². The zero-order valence-electron chi connectivity index (χ0n) is 15.0. The van der Waals surface area contributed by atoms with Gasteiger partial charge in [0.15, 0.2) is 0 Å². The van der Waals surface area contributed by atoms with E-state index < -0.39 is 10.0 Å². The zero-order chi connectivity index (χ0) is 18.2. The predicted octanol–water partition coefficient (Wildman–Crippen LogP) is 2.35. The summed E-state index contributed by atoms with van der Waals surface area (Å²) >= 11 is 0. The molecule has 0 saturated carbocycles. The lowest BCUT2D eigenvalue weighted by Gasteiger charge is -2.23. The van der Waals surface area contributed by atoms with E-state index in [1.165, 1.54) is 4.31 Å². The highest BCUT2D eigenvalue weighted by Gasteiger charge is 2.20. The van der Waals surface area contributed by atoms with Gasteiger partial charge in [0.25, 0.3) is 0 Å². The molecule has 0 bridgehead atoms. The van der Waals surface area contributed by atoms with E-state index in [4.69, 9.17) is 0 Å². The first kappa shape index (κ1) is 20.4. The van der Waals surface area contributed by atoms with E-state index in [0.29, 0.717) is 13.1 Å². The average Bonchev–Trinajstić information content (AvgIpc) is 2.53. The molecule has 0 aliphatic carbocycles. The molecular weight excluding hydrogens is 326 g/mol. The van der Waals surface area contributed by atoms with Crippen molar-refractivity contribution in [1.29, 1.82) is 0 Å². The summed E-state index contributed by atoms with van der Waals surface area (Å²) in [5.41, 5.74) is 1.03. The van der Waals surface area contributed by atoms with Gasteiger partial charge < -0.3 is 10.6 Å². The molecule has 1 rings (SSSR count). The molecule has 2 N–H and O–H groups in total. The quantitative estimate of drug-likeness (QED) is 0.714. The molecule has 7 heteroatoms. The molecule has 0 aromatic heterocycles. The van der Waals surface area contributed by atoms with Gasteiger partial charge in [0.2, 0.25) is 10.0 Å². The van der Waals surface area contributed by atoms with Crippen molar-refractivity contribution in [3.8, 4) is 0 Å². The molecule has 0 saturated heterocycles. The number of amides is 2. The molecule has 1 unspecified atom stereocenters. The summed E-state index contributed by atoms with van der Waals surface area (Å²) < 4.78 is 25.6. The average molecular weight is 356 g/mol. The Labute approximate surface area is 145 Å². The highest BCUT2D eigenvalue weighted by Crippen LogP contribution is 2.20. The minimum atomic E-state index is -3.32. The molecule has 1 atom stereocenters. The van der Waals surface area contributed by atoms with Crippen LogP contribution in [0.15, 0.2) is 30.3 Å². The van der Waals surface area contributed by atoms with Crippen LogP contribution in [0.25, 0.3) is 0 Å². The SMILES string of the molecule is CCN(CC)S(=O)(=O)CCNC(=O)NC(c1ccccc1)C(C)C. The Morgan fingerprint density at radius 3 is 2.21 bits per heavy atom. The van der Waals surface area contributed by atoms with Gasteiger partial charge in [-0.1, -0.05) is 58.0 Å². The number of sulfonamides is 1. The fraction of sp³-hybridized carbons (Fsp3) is 0.588. The van der Waals surface area contributed by atoms with E-state index in [9.17, 15) is 13.2 Å². The second-order valence-electron chi connectivity index (χ2n) is 5.93. The van der Waals surface area contributed by atoms with Crippen LogP contribution in [0.5, 0.6) is 0 Å². The number of urea groups is 1. The summed E-state index contributed by atoms with van der Waals surface area (Å²) in [6.45, 7) is 8.63. The van der Waals surface area contributed by atoms with Crippen LogP contribution in [0, 0.1) is 5.92 Å². The number of carbonyl (C=O) groups is 1. The normalized spacial score (nSPS) is 13.1. The molecule has 1 aromatic carbocycles. The number of hydrogen-bond donors (Lipinski definition) is 2. The number of nitrogens with one attached hydrogen (secondary N) is 2. The summed E-state index contributed by atoms with van der Waals surface area (Å²) in [6, 6.07) is 9.25. The van der Waals surface area contributed by atoms with Gasteiger partial charge in [0.05, 0.1) is 11.8 Å². The van der Waals surface area contributed by atoms with Crippen molar-refractivity contribution in [2.24, 2.45) is 5.92 Å². The molecule has 2 amide bonds. The number of carbonyl (C=O) groups excluding carboxylic acids is 1. The molecule has 0 heterocycles. The Morgan fingerprint density at radius 2 is 1.71 bits per heavy atom. The third-order valence-electron chi connectivity index (χ3n) is 3.86. The maximum Gasteiger partial charge on any atom is 0.315 e. The van der Waals surface area contributed by atoms with E-state index in [0.717, 1.165) is 5.56 Å². The lowest BCUT2D eigenvalue weighted by molar-refractivity contribution is 0.233. The first-order valence-electron chi connectivity index (χ1n) is 8.38. The zero-order valence-corrected chi connectivity index (χ0v) is 15.8. The second-order valence-corrected chi connectivity index (χ2v) is 8.02. The van der Waals surface area contributed by atoms with Gasteiger partial charge in [-0.2, -0.15) is 0 Å². The van der Waals surface area contributed by atoms with Crippen molar-refractivity contribution in [2.75, 3.05) is 25.4 Å². The molecule has 24 heavy (non-hydrogen) atoms. The summed E-state index contributed by atoms with van der Waals surface area (Å²) in [5.74, 6) is 0.123. The summed E-state index contributed by atoms with van der Waals surface area (Å²) in [7, 11) is -3.32. The van der Waals surface area contributed by atoms with Crippen molar-refractivity contribution in [2.45, 2.75) is 33.7 Å². The third kappa shape index (κ3) is 6.13. The Morgan fingerprint density at radius 1 is 1.12 bits per heavy atom. The Balaban J connectivity index is 2.56. The molecule has 0 aliphatic rings. The van der Waals surface area contributed by atoms with E-state index in [2.05, 4.69) is 10.6 Å². The summed E-state index contributed by atoms with van der Waals surface area (Å²) in [6.07, 6.45) is 0. The minimum Gasteiger partial charge on any atom is -0.337 e. The lowest BCUT2D eigenvalue weighted by atomic mass is 9.96. The third-order valence-corrected chi connectivity index (χ3v) is 5.88. The van der Waals surface area contributed by atoms with E-state index >= 15 is 0 Å². The Hall–Kier alpha value is -1.60. The highest BCUT2D eigenvalue weighted by molar-refractivity contribution is 7.89. The van der Waals surface area contributed by atoms with Gasteiger partial charge in [-0.05, 0) is 11.5 Å². The van der Waals surface area contributed by atoms with Gasteiger partial charge in [0.1, 0.15) is 0 Å². The summed E-state index contributed by atoms with van der Waals surface area (Å²) in [4.78, 5) is 12.1. The Kier molecular flexibility index (Phi) is 8.21. The van der Waals surface area contributed by atoms with Crippen molar-refractivity contribution < 1.29 is 13.2 Å². The van der Waals surface area contributed by atoms with Crippen LogP contribution in [0.3, 0.4) is 0 Å². The van der Waals surface area contributed by atoms with Crippen molar-refractivity contribution >= 4 is 16.1 Å². The number of hydrogen-bond acceptors (Lipinski definition) is 3. The van der Waals surface area contributed by atoms with Crippen molar-refractivity contribution in [3.05, 3.63) is 35.9 Å². The van der Waals surface area contributed by atoms with Crippen LogP contribution in [0.1, 0.15) is 39.3 Å². The molecule has 0 fully saturated rings. The van der Waals surface area contributed by atoms with E-state index in [-0.39, 0.29) is 30.3 Å². The predicted molar refractivity (Wildman–Crippen MR) is 97.3 cm³/mol. The fourth-order valence-electron chi connectivity index (χ4n) is 2.53. The molecule has 1 aromatic rings. The van der Waals surface area contributed by atoms with Crippen LogP contribution in [-0.4, -0.2) is 44.1 Å². The maximum absolute atomic E-state index is 12.1. The van der Waals surface area contributed by atoms with Crippen molar-refractivity contribution in [1.82, 2.24) is 14.9 Å². The van der Waals surface area contributed by atoms with Gasteiger partial charge in [-0.15, -0.1) is 0 Å². The van der Waals surface area contributed by atoms with Gasteiger partial charge >= 0.3 is 6.03 Å². The number of rotatable bonds is 9. The smallest absolute Gasteiger partial charge is 0.315 e. The van der Waals surface area contributed by atoms with Gasteiger partial charge in [-0.3, -0.25) is 0 Å². The van der Waals surface area contributed by atoms with Crippen LogP contribution in [-0.2, 0) is 10.0 Å². The maximum atomic E-state index is 12.1. The second kappa shape index (κ2) is 9.64. The highest BCUT2D eigenvalue weighted by atomic mass is 32.2. The van der Waals surface area contributed by atoms with Crippen LogP contribution in [0.4, 0.5) is 4.79 Å². The van der Waals surface area contributed by atoms with Gasteiger partial charge in [0, 0.05) is 19.6 Å². The van der Waals surface area contributed by atoms with E-state index in [1.807, 2.05) is 44.2 Å². The molecule has 0 aliphatic heterocycles. The molecule has 0 radical (unpaired) electrons. The largest absolute Gasteiger partial charge is 0.337 e. The molecule has 6 nitrogen and oxygen atoms in total. The van der Waals surface area contributed by atoms with E-state index in [1.54, 1.807) is 13.8 Å². The molecule has 136 valence electrons. The molecular formula is C17H29N3O3S. The Bertz CT molecular complexity index is 599. The first-order valence-corrected chi connectivity index (χ1v) is 9.99. The fourth-order valence-corrected chi connectivity index (χ4v) is 3.93. The molecule has 0 spiro atoms. The van der Waals surface area contributed by atoms with Gasteiger partial charge in [-0.25, -0.2) is 17.5 Å².